The van der Waals surface area contributed by atoms with Gasteiger partial charge in [-0.3, -0.25) is 0 Å². The summed E-state index contributed by atoms with van der Waals surface area (Å²) >= 11 is 0. The molecule has 0 bridgehead atoms. The van der Waals surface area contributed by atoms with Crippen molar-refractivity contribution >= 4 is 17.3 Å². The highest BCUT2D eigenvalue weighted by molar-refractivity contribution is 5.96. The summed E-state index contributed by atoms with van der Waals surface area (Å²) in [5.41, 5.74) is 6.23. The van der Waals surface area contributed by atoms with Crippen molar-refractivity contribution in [3.63, 3.8) is 0 Å². The smallest absolute Gasteiger partial charge is 0.340 e. The van der Waals surface area contributed by atoms with E-state index in [-0.39, 0.29) is 11.3 Å². The van der Waals surface area contributed by atoms with Crippen molar-refractivity contribution < 1.29 is 13.9 Å². The number of anilines is 2. The Kier molecular flexibility index (Phi) is 4.31. The van der Waals surface area contributed by atoms with Gasteiger partial charge in [0.05, 0.1) is 18.4 Å². The minimum Gasteiger partial charge on any atom is -0.465 e. The fourth-order valence-electron chi connectivity index (χ4n) is 1.67. The Balaban J connectivity index is 3.27. The van der Waals surface area contributed by atoms with E-state index in [2.05, 4.69) is 4.74 Å². The number of rotatable bonds is 4. The Morgan fingerprint density at radius 3 is 2.47 bits per heavy atom. The second-order valence-electron chi connectivity index (χ2n) is 3.55. The molecule has 17 heavy (non-hydrogen) atoms. The van der Waals surface area contributed by atoms with Gasteiger partial charge in [-0.25, -0.2) is 9.18 Å². The molecular weight excluding hydrogens is 223 g/mol. The number of carbonyl (C=O) groups is 1. The van der Waals surface area contributed by atoms with E-state index in [0.717, 1.165) is 6.07 Å². The first kappa shape index (κ1) is 13.3. The maximum absolute atomic E-state index is 13.7. The Morgan fingerprint density at radius 2 is 2.00 bits per heavy atom. The fraction of sp³-hybridized carbons (Fsp3) is 0.417. The van der Waals surface area contributed by atoms with E-state index in [9.17, 15) is 9.18 Å². The van der Waals surface area contributed by atoms with E-state index in [1.54, 1.807) is 4.90 Å². The molecule has 0 saturated carbocycles. The lowest BCUT2D eigenvalue weighted by Gasteiger charge is -2.22. The van der Waals surface area contributed by atoms with Gasteiger partial charge in [-0.15, -0.1) is 0 Å². The molecule has 4 nitrogen and oxygen atoms in total. The van der Waals surface area contributed by atoms with Crippen LogP contribution in [-0.4, -0.2) is 26.2 Å². The minimum absolute atomic E-state index is 0.0882. The molecule has 0 atom stereocenters. The molecule has 0 fully saturated rings. The number of halogens is 1. The van der Waals surface area contributed by atoms with Crippen molar-refractivity contribution in [1.29, 1.82) is 0 Å². The predicted octanol–water partition coefficient (Wildman–Crippen LogP) is 2.04. The number of carbonyl (C=O) groups excluding carboxylic acids is 1. The molecule has 0 aromatic heterocycles. The molecule has 0 aliphatic carbocycles. The first-order valence-electron chi connectivity index (χ1n) is 5.47. The molecule has 94 valence electrons. The zero-order valence-corrected chi connectivity index (χ0v) is 10.3. The van der Waals surface area contributed by atoms with E-state index in [0.29, 0.717) is 18.8 Å². The average Bonchev–Trinajstić information content (AvgIpc) is 2.32. The molecule has 0 unspecified atom stereocenters. The van der Waals surface area contributed by atoms with E-state index < -0.39 is 11.8 Å². The van der Waals surface area contributed by atoms with Crippen molar-refractivity contribution in [2.75, 3.05) is 30.8 Å². The number of benzene rings is 1. The van der Waals surface area contributed by atoms with Crippen molar-refractivity contribution in [3.05, 3.63) is 23.5 Å². The average molecular weight is 240 g/mol. The van der Waals surface area contributed by atoms with Crippen LogP contribution in [0.2, 0.25) is 0 Å². The summed E-state index contributed by atoms with van der Waals surface area (Å²) in [6.45, 7) is 5.13. The maximum atomic E-state index is 13.7. The third-order valence-corrected chi connectivity index (χ3v) is 2.63. The third kappa shape index (κ3) is 2.67. The Morgan fingerprint density at radius 1 is 1.41 bits per heavy atom. The minimum atomic E-state index is -0.559. The molecule has 0 heterocycles. The van der Waals surface area contributed by atoms with Crippen LogP contribution in [0.5, 0.6) is 0 Å². The highest BCUT2D eigenvalue weighted by atomic mass is 19.1. The number of ether oxygens (including phenoxy) is 1. The van der Waals surface area contributed by atoms with E-state index in [1.165, 1.54) is 13.2 Å². The summed E-state index contributed by atoms with van der Waals surface area (Å²) in [6, 6.07) is 2.59. The van der Waals surface area contributed by atoms with Gasteiger partial charge in [0.25, 0.3) is 0 Å². The topological polar surface area (TPSA) is 55.6 Å². The van der Waals surface area contributed by atoms with Gasteiger partial charge in [-0.1, -0.05) is 0 Å². The van der Waals surface area contributed by atoms with Crippen LogP contribution in [0.15, 0.2) is 12.1 Å². The lowest BCUT2D eigenvalue weighted by Crippen LogP contribution is -2.23. The van der Waals surface area contributed by atoms with Gasteiger partial charge in [0, 0.05) is 18.8 Å². The number of methoxy groups -OCH3 is 1. The van der Waals surface area contributed by atoms with Crippen LogP contribution < -0.4 is 10.6 Å². The monoisotopic (exact) mass is 240 g/mol. The summed E-state index contributed by atoms with van der Waals surface area (Å²) in [6.07, 6.45) is 0. The Hall–Kier alpha value is -1.78. The summed E-state index contributed by atoms with van der Waals surface area (Å²) in [4.78, 5) is 13.3. The fourth-order valence-corrected chi connectivity index (χ4v) is 1.67. The second kappa shape index (κ2) is 5.52. The Labute approximate surface area is 100 Å². The van der Waals surface area contributed by atoms with Gasteiger partial charge in [0.1, 0.15) is 5.82 Å². The highest BCUT2D eigenvalue weighted by Crippen LogP contribution is 2.25. The largest absolute Gasteiger partial charge is 0.465 e. The molecule has 0 aliphatic rings. The molecule has 0 saturated heterocycles. The standard InChI is InChI=1S/C12H17FN2O2/c1-4-15(5-2)11-6-8(12(16)17-3)10(14)7-9(11)13/h6-7H,4-5,14H2,1-3H3. The summed E-state index contributed by atoms with van der Waals surface area (Å²) < 4.78 is 18.3. The van der Waals surface area contributed by atoms with E-state index in [1.807, 2.05) is 13.8 Å². The lowest BCUT2D eigenvalue weighted by molar-refractivity contribution is 0.0602. The number of esters is 1. The van der Waals surface area contributed by atoms with Crippen LogP contribution in [0.25, 0.3) is 0 Å². The number of nitrogens with zero attached hydrogens (tertiary/aromatic N) is 1. The first-order chi connectivity index (χ1) is 8.04. The predicted molar refractivity (Wildman–Crippen MR) is 65.7 cm³/mol. The number of nitrogen functional groups attached to an aromatic ring is 1. The number of nitrogens with two attached hydrogens (primary N) is 1. The zero-order valence-electron chi connectivity index (χ0n) is 10.3. The summed E-state index contributed by atoms with van der Waals surface area (Å²) in [5.74, 6) is -0.991. The van der Waals surface area contributed by atoms with Gasteiger partial charge in [0.2, 0.25) is 0 Å². The van der Waals surface area contributed by atoms with Crippen LogP contribution >= 0.6 is 0 Å². The Bertz CT molecular complexity index is 417. The molecular formula is C12H17FN2O2. The molecule has 0 amide bonds. The highest BCUT2D eigenvalue weighted by Gasteiger charge is 2.17. The van der Waals surface area contributed by atoms with Crippen LogP contribution in [0, 0.1) is 5.82 Å². The van der Waals surface area contributed by atoms with Crippen molar-refractivity contribution in [3.8, 4) is 0 Å². The van der Waals surface area contributed by atoms with E-state index >= 15 is 0 Å². The van der Waals surface area contributed by atoms with Gasteiger partial charge >= 0.3 is 5.97 Å². The normalized spacial score (nSPS) is 10.1. The summed E-state index contributed by atoms with van der Waals surface area (Å²) in [7, 11) is 1.27. The zero-order chi connectivity index (χ0) is 13.0. The second-order valence-corrected chi connectivity index (χ2v) is 3.55. The van der Waals surface area contributed by atoms with Gasteiger partial charge in [0.15, 0.2) is 0 Å². The van der Waals surface area contributed by atoms with Crippen molar-refractivity contribution in [2.24, 2.45) is 0 Å². The molecule has 1 aromatic carbocycles. The van der Waals surface area contributed by atoms with Crippen LogP contribution in [-0.2, 0) is 4.74 Å². The SMILES string of the molecule is CCN(CC)c1cc(C(=O)OC)c(N)cc1F. The van der Waals surface area contributed by atoms with Gasteiger partial charge < -0.3 is 15.4 Å². The molecule has 0 spiro atoms. The quantitative estimate of drug-likeness (QED) is 0.646. The van der Waals surface area contributed by atoms with Gasteiger partial charge in [-0.2, -0.15) is 0 Å². The maximum Gasteiger partial charge on any atom is 0.340 e. The van der Waals surface area contributed by atoms with Crippen molar-refractivity contribution in [1.82, 2.24) is 0 Å². The molecule has 1 aromatic rings. The number of hydrogen-bond donors (Lipinski definition) is 1. The summed E-state index contributed by atoms with van der Waals surface area (Å²) in [5, 5.41) is 0. The van der Waals surface area contributed by atoms with Crippen LogP contribution in [0.4, 0.5) is 15.8 Å². The molecule has 0 radical (unpaired) electrons. The van der Waals surface area contributed by atoms with Crippen LogP contribution in [0.3, 0.4) is 0 Å². The molecule has 2 N–H and O–H groups in total. The van der Waals surface area contributed by atoms with E-state index in [4.69, 9.17) is 5.73 Å². The van der Waals surface area contributed by atoms with Crippen molar-refractivity contribution in [2.45, 2.75) is 13.8 Å². The number of hydrogen-bond acceptors (Lipinski definition) is 4. The first-order valence-corrected chi connectivity index (χ1v) is 5.47. The third-order valence-electron chi connectivity index (χ3n) is 2.63. The molecule has 1 rings (SSSR count). The molecule has 5 heteroatoms. The molecule has 0 aliphatic heterocycles. The lowest BCUT2D eigenvalue weighted by atomic mass is 10.1. The van der Waals surface area contributed by atoms with Crippen LogP contribution in [0.1, 0.15) is 24.2 Å². The van der Waals surface area contributed by atoms with Gasteiger partial charge in [-0.05, 0) is 26.0 Å².